The molecule has 0 spiro atoms. The number of aromatic nitrogens is 3. The van der Waals surface area contributed by atoms with Crippen LogP contribution in [0.1, 0.15) is 31.4 Å². The van der Waals surface area contributed by atoms with Crippen LogP contribution in [0.4, 0.5) is 13.2 Å². The standard InChI is InChI=1S/C17H19ClF3N5O2/c1-10(12-9-26(25-15(12)18)11-4-3-7-23-8-11)24-14(27)6-5-13(16(28)22-2)17(19,20)21/h3-4,7-10,13H,5-6H2,1-2H3,(H,22,28)(H,24,27). The molecule has 2 N–H and O–H groups in total. The number of alkyl halides is 3. The fourth-order valence-corrected chi connectivity index (χ4v) is 2.86. The predicted molar refractivity (Wildman–Crippen MR) is 95.8 cm³/mol. The number of rotatable bonds is 7. The molecule has 2 amide bonds. The van der Waals surface area contributed by atoms with E-state index in [4.69, 9.17) is 11.6 Å². The monoisotopic (exact) mass is 417 g/mol. The third-order valence-corrected chi connectivity index (χ3v) is 4.36. The van der Waals surface area contributed by atoms with E-state index in [0.717, 1.165) is 7.05 Å². The molecule has 2 rings (SSSR count). The average Bonchev–Trinajstić information content (AvgIpc) is 3.03. The maximum atomic E-state index is 12.9. The molecule has 0 aliphatic carbocycles. The van der Waals surface area contributed by atoms with E-state index < -0.39 is 42.8 Å². The molecule has 2 aromatic heterocycles. The number of carbonyl (C=O) groups excluding carboxylic acids is 2. The van der Waals surface area contributed by atoms with Gasteiger partial charge in [-0.15, -0.1) is 0 Å². The van der Waals surface area contributed by atoms with E-state index in [2.05, 4.69) is 15.4 Å². The Labute approximate surface area is 164 Å². The second-order valence-electron chi connectivity index (χ2n) is 6.07. The first-order chi connectivity index (χ1) is 13.1. The molecule has 2 unspecified atom stereocenters. The zero-order chi connectivity index (χ0) is 20.9. The second kappa shape index (κ2) is 9.05. The lowest BCUT2D eigenvalue weighted by molar-refractivity contribution is -0.183. The number of nitrogens with one attached hydrogen (secondary N) is 2. The Kier molecular flexibility index (Phi) is 7.00. The Balaban J connectivity index is 2.01. The molecular weight excluding hydrogens is 399 g/mol. The lowest BCUT2D eigenvalue weighted by Crippen LogP contribution is -2.38. The molecule has 11 heteroatoms. The van der Waals surface area contributed by atoms with Crippen LogP contribution in [0.15, 0.2) is 30.7 Å². The van der Waals surface area contributed by atoms with E-state index >= 15 is 0 Å². The van der Waals surface area contributed by atoms with Crippen molar-refractivity contribution in [3.8, 4) is 5.69 Å². The van der Waals surface area contributed by atoms with Crippen LogP contribution in [0.2, 0.25) is 5.15 Å². The van der Waals surface area contributed by atoms with E-state index in [9.17, 15) is 22.8 Å². The number of hydrogen-bond acceptors (Lipinski definition) is 4. The molecule has 0 radical (unpaired) electrons. The number of hydrogen-bond donors (Lipinski definition) is 2. The van der Waals surface area contributed by atoms with Gasteiger partial charge in [-0.3, -0.25) is 14.6 Å². The van der Waals surface area contributed by atoms with Crippen molar-refractivity contribution in [1.29, 1.82) is 0 Å². The van der Waals surface area contributed by atoms with Crippen LogP contribution in [0.25, 0.3) is 5.69 Å². The van der Waals surface area contributed by atoms with Crippen molar-refractivity contribution >= 4 is 23.4 Å². The van der Waals surface area contributed by atoms with Gasteiger partial charge < -0.3 is 10.6 Å². The van der Waals surface area contributed by atoms with E-state index in [-0.39, 0.29) is 5.15 Å². The number of amides is 2. The van der Waals surface area contributed by atoms with Crippen LogP contribution >= 0.6 is 11.6 Å². The van der Waals surface area contributed by atoms with Gasteiger partial charge in [-0.2, -0.15) is 18.3 Å². The predicted octanol–water partition coefficient (Wildman–Crippen LogP) is 2.80. The Bertz CT molecular complexity index is 826. The highest BCUT2D eigenvalue weighted by molar-refractivity contribution is 6.30. The zero-order valence-electron chi connectivity index (χ0n) is 15.1. The van der Waals surface area contributed by atoms with Gasteiger partial charge in [0.1, 0.15) is 5.92 Å². The first-order valence-electron chi connectivity index (χ1n) is 8.36. The third kappa shape index (κ3) is 5.44. The molecule has 2 atom stereocenters. The van der Waals surface area contributed by atoms with Crippen molar-refractivity contribution in [2.24, 2.45) is 5.92 Å². The SMILES string of the molecule is CNC(=O)C(CCC(=O)NC(C)c1cn(-c2cccnc2)nc1Cl)C(F)(F)F. The van der Waals surface area contributed by atoms with Gasteiger partial charge in [-0.1, -0.05) is 11.6 Å². The number of pyridine rings is 1. The van der Waals surface area contributed by atoms with Crippen LogP contribution in [-0.2, 0) is 9.59 Å². The fourth-order valence-electron chi connectivity index (χ4n) is 2.56. The molecule has 0 bridgehead atoms. The minimum atomic E-state index is -4.72. The summed E-state index contributed by atoms with van der Waals surface area (Å²) in [6.45, 7) is 1.63. The summed E-state index contributed by atoms with van der Waals surface area (Å²) in [7, 11) is 1.12. The quantitative estimate of drug-likeness (QED) is 0.725. The average molecular weight is 418 g/mol. The molecule has 0 aromatic carbocycles. The smallest absolute Gasteiger partial charge is 0.359 e. The van der Waals surface area contributed by atoms with Gasteiger partial charge in [0, 0.05) is 31.4 Å². The fraction of sp³-hybridized carbons (Fsp3) is 0.412. The summed E-state index contributed by atoms with van der Waals surface area (Å²) in [5, 5.41) is 8.83. The summed E-state index contributed by atoms with van der Waals surface area (Å²) in [5.74, 6) is -4.04. The van der Waals surface area contributed by atoms with Crippen molar-refractivity contribution < 1.29 is 22.8 Å². The minimum Gasteiger partial charge on any atom is -0.359 e. The molecular formula is C17H19ClF3N5O2. The Morgan fingerprint density at radius 1 is 1.36 bits per heavy atom. The lowest BCUT2D eigenvalue weighted by Gasteiger charge is -2.19. The topological polar surface area (TPSA) is 88.9 Å². The molecule has 0 saturated heterocycles. The van der Waals surface area contributed by atoms with Crippen LogP contribution < -0.4 is 10.6 Å². The summed E-state index contributed by atoms with van der Waals surface area (Å²) >= 11 is 6.12. The van der Waals surface area contributed by atoms with Gasteiger partial charge in [0.2, 0.25) is 11.8 Å². The molecule has 2 heterocycles. The number of carbonyl (C=O) groups is 2. The summed E-state index contributed by atoms with van der Waals surface area (Å²) in [4.78, 5) is 27.4. The van der Waals surface area contributed by atoms with Crippen molar-refractivity contribution in [3.63, 3.8) is 0 Å². The summed E-state index contributed by atoms with van der Waals surface area (Å²) in [6.07, 6.45) is -1.05. The molecule has 152 valence electrons. The highest BCUT2D eigenvalue weighted by atomic mass is 35.5. The maximum Gasteiger partial charge on any atom is 0.400 e. The highest BCUT2D eigenvalue weighted by Crippen LogP contribution is 2.30. The van der Waals surface area contributed by atoms with E-state index in [1.165, 1.54) is 4.68 Å². The number of halogens is 4. The maximum absolute atomic E-state index is 12.9. The summed E-state index contributed by atoms with van der Waals surface area (Å²) in [5.41, 5.74) is 1.16. The third-order valence-electron chi connectivity index (χ3n) is 4.07. The highest BCUT2D eigenvalue weighted by Gasteiger charge is 2.44. The van der Waals surface area contributed by atoms with Gasteiger partial charge in [-0.05, 0) is 25.5 Å². The minimum absolute atomic E-state index is 0.148. The number of nitrogens with zero attached hydrogens (tertiary/aromatic N) is 3. The molecule has 0 fully saturated rings. The van der Waals surface area contributed by atoms with Crippen LogP contribution in [0.5, 0.6) is 0 Å². The first kappa shape index (κ1) is 21.7. The van der Waals surface area contributed by atoms with Gasteiger partial charge in [0.25, 0.3) is 0 Å². The second-order valence-corrected chi connectivity index (χ2v) is 6.43. The largest absolute Gasteiger partial charge is 0.400 e. The Hall–Kier alpha value is -2.62. The molecule has 7 nitrogen and oxygen atoms in total. The summed E-state index contributed by atoms with van der Waals surface area (Å²) in [6, 6.07) is 2.90. The molecule has 0 aliphatic rings. The van der Waals surface area contributed by atoms with Crippen molar-refractivity contribution in [2.45, 2.75) is 32.0 Å². The van der Waals surface area contributed by atoms with E-state index in [1.807, 2.05) is 5.32 Å². The van der Waals surface area contributed by atoms with Gasteiger partial charge >= 0.3 is 6.18 Å². The van der Waals surface area contributed by atoms with Crippen LogP contribution in [0, 0.1) is 5.92 Å². The summed E-state index contributed by atoms with van der Waals surface area (Å²) < 4.78 is 40.3. The molecule has 28 heavy (non-hydrogen) atoms. The molecule has 2 aromatic rings. The first-order valence-corrected chi connectivity index (χ1v) is 8.74. The van der Waals surface area contributed by atoms with Crippen LogP contribution in [-0.4, -0.2) is 39.8 Å². The van der Waals surface area contributed by atoms with Crippen molar-refractivity contribution in [1.82, 2.24) is 25.4 Å². The Morgan fingerprint density at radius 2 is 2.07 bits per heavy atom. The Morgan fingerprint density at radius 3 is 2.64 bits per heavy atom. The zero-order valence-corrected chi connectivity index (χ0v) is 15.9. The van der Waals surface area contributed by atoms with Gasteiger partial charge in [-0.25, -0.2) is 4.68 Å². The van der Waals surface area contributed by atoms with E-state index in [0.29, 0.717) is 11.3 Å². The van der Waals surface area contributed by atoms with Gasteiger partial charge in [0.15, 0.2) is 5.15 Å². The van der Waals surface area contributed by atoms with Gasteiger partial charge in [0.05, 0.1) is 17.9 Å². The van der Waals surface area contributed by atoms with Crippen molar-refractivity contribution in [3.05, 3.63) is 41.4 Å². The van der Waals surface area contributed by atoms with Crippen molar-refractivity contribution in [2.75, 3.05) is 7.05 Å². The normalized spacial score (nSPS) is 13.6. The molecule has 0 aliphatic heterocycles. The van der Waals surface area contributed by atoms with E-state index in [1.54, 1.807) is 37.6 Å². The lowest BCUT2D eigenvalue weighted by atomic mass is 10.0. The van der Waals surface area contributed by atoms with Crippen LogP contribution in [0.3, 0.4) is 0 Å². The molecule has 0 saturated carbocycles.